The summed E-state index contributed by atoms with van der Waals surface area (Å²) in [5.74, 6) is -0.453. The van der Waals surface area contributed by atoms with Crippen LogP contribution in [-0.2, 0) is 10.0 Å². The van der Waals surface area contributed by atoms with E-state index in [0.717, 1.165) is 32.6 Å². The number of nitrogens with one attached hydrogen (secondary N) is 1. The van der Waals surface area contributed by atoms with Crippen molar-refractivity contribution in [3.05, 3.63) is 28.5 Å². The number of hydrogen-bond acceptors (Lipinski definition) is 4. The van der Waals surface area contributed by atoms with E-state index in [4.69, 9.17) is 0 Å². The molecule has 1 aromatic carbocycles. The normalized spacial score (nSPS) is 24.7. The lowest BCUT2D eigenvalue weighted by Crippen LogP contribution is -2.49. The molecule has 1 aromatic rings. The third-order valence-corrected chi connectivity index (χ3v) is 7.15. The standard InChI is InChI=1S/C14H19BrFN3O2S/c15-13-9-11(16)1-2-14(13)22(20,21)19-6-3-12(10-19)18-7-4-17-5-8-18/h1-2,9,12,17H,3-8,10H2. The number of benzene rings is 1. The Morgan fingerprint density at radius 1 is 1.23 bits per heavy atom. The molecule has 0 aromatic heterocycles. The van der Waals surface area contributed by atoms with Gasteiger partial charge in [-0.3, -0.25) is 4.90 Å². The zero-order valence-electron chi connectivity index (χ0n) is 12.1. The molecule has 5 nitrogen and oxygen atoms in total. The van der Waals surface area contributed by atoms with Crippen molar-refractivity contribution in [2.45, 2.75) is 17.4 Å². The van der Waals surface area contributed by atoms with Crippen molar-refractivity contribution in [1.82, 2.24) is 14.5 Å². The van der Waals surface area contributed by atoms with Crippen LogP contribution in [0.2, 0.25) is 0 Å². The van der Waals surface area contributed by atoms with Gasteiger partial charge < -0.3 is 5.32 Å². The predicted octanol–water partition coefficient (Wildman–Crippen LogP) is 1.26. The van der Waals surface area contributed by atoms with Crippen LogP contribution in [0, 0.1) is 5.82 Å². The Morgan fingerprint density at radius 2 is 1.95 bits per heavy atom. The number of sulfonamides is 1. The van der Waals surface area contributed by atoms with Crippen molar-refractivity contribution in [3.8, 4) is 0 Å². The van der Waals surface area contributed by atoms with E-state index in [0.29, 0.717) is 13.1 Å². The quantitative estimate of drug-likeness (QED) is 0.842. The molecule has 1 atom stereocenters. The highest BCUT2D eigenvalue weighted by atomic mass is 79.9. The van der Waals surface area contributed by atoms with Crippen LogP contribution in [0.3, 0.4) is 0 Å². The number of hydrogen-bond donors (Lipinski definition) is 1. The Hall–Kier alpha value is -0.540. The highest BCUT2D eigenvalue weighted by molar-refractivity contribution is 9.10. The summed E-state index contributed by atoms with van der Waals surface area (Å²) in [4.78, 5) is 2.49. The van der Waals surface area contributed by atoms with Crippen LogP contribution in [0.1, 0.15) is 6.42 Å². The van der Waals surface area contributed by atoms with E-state index in [9.17, 15) is 12.8 Å². The molecular formula is C14H19BrFN3O2S. The zero-order valence-corrected chi connectivity index (χ0v) is 14.5. The molecule has 0 radical (unpaired) electrons. The van der Waals surface area contributed by atoms with E-state index >= 15 is 0 Å². The Labute approximate surface area is 138 Å². The summed E-state index contributed by atoms with van der Waals surface area (Å²) in [7, 11) is -3.58. The molecule has 0 saturated carbocycles. The molecule has 2 fully saturated rings. The van der Waals surface area contributed by atoms with E-state index in [1.807, 2.05) is 0 Å². The molecule has 2 aliphatic heterocycles. The minimum atomic E-state index is -3.58. The van der Waals surface area contributed by atoms with Gasteiger partial charge in [0.1, 0.15) is 5.82 Å². The first kappa shape index (κ1) is 16.3. The van der Waals surface area contributed by atoms with Gasteiger partial charge in [-0.15, -0.1) is 0 Å². The monoisotopic (exact) mass is 391 g/mol. The second kappa shape index (κ2) is 6.52. The lowest BCUT2D eigenvalue weighted by atomic mass is 10.2. The summed E-state index contributed by atoms with van der Waals surface area (Å²) < 4.78 is 40.4. The molecular weight excluding hydrogens is 373 g/mol. The molecule has 122 valence electrons. The molecule has 0 aliphatic carbocycles. The molecule has 22 heavy (non-hydrogen) atoms. The molecule has 2 heterocycles. The first-order valence-corrected chi connectivity index (χ1v) is 9.62. The molecule has 1 unspecified atom stereocenters. The third kappa shape index (κ3) is 3.21. The van der Waals surface area contributed by atoms with Crippen LogP contribution in [0.4, 0.5) is 4.39 Å². The fourth-order valence-corrected chi connectivity index (χ4v) is 5.60. The van der Waals surface area contributed by atoms with E-state index < -0.39 is 15.8 Å². The van der Waals surface area contributed by atoms with Gasteiger partial charge in [-0.1, -0.05) is 0 Å². The Kier molecular flexibility index (Phi) is 4.84. The van der Waals surface area contributed by atoms with Crippen molar-refractivity contribution in [2.24, 2.45) is 0 Å². The number of piperazine rings is 1. The summed E-state index contributed by atoms with van der Waals surface area (Å²) in [6.07, 6.45) is 0.845. The number of nitrogens with zero attached hydrogens (tertiary/aromatic N) is 2. The highest BCUT2D eigenvalue weighted by Crippen LogP contribution is 2.29. The van der Waals surface area contributed by atoms with E-state index in [1.54, 1.807) is 0 Å². The van der Waals surface area contributed by atoms with Gasteiger partial charge in [0.15, 0.2) is 0 Å². The first-order valence-electron chi connectivity index (χ1n) is 7.38. The van der Waals surface area contributed by atoms with Crippen LogP contribution in [0.5, 0.6) is 0 Å². The summed E-state index contributed by atoms with van der Waals surface area (Å²) in [6.45, 7) is 4.84. The van der Waals surface area contributed by atoms with Crippen molar-refractivity contribution in [2.75, 3.05) is 39.3 Å². The molecule has 1 N–H and O–H groups in total. The first-order chi connectivity index (χ1) is 10.5. The average molecular weight is 392 g/mol. The molecule has 0 amide bonds. The molecule has 0 spiro atoms. The maximum atomic E-state index is 13.2. The lowest BCUT2D eigenvalue weighted by Gasteiger charge is -2.32. The second-order valence-electron chi connectivity index (χ2n) is 5.67. The van der Waals surface area contributed by atoms with Gasteiger partial charge in [0.2, 0.25) is 10.0 Å². The molecule has 2 saturated heterocycles. The fourth-order valence-electron chi connectivity index (χ4n) is 3.10. The van der Waals surface area contributed by atoms with Gasteiger partial charge in [-0.25, -0.2) is 12.8 Å². The maximum Gasteiger partial charge on any atom is 0.244 e. The Morgan fingerprint density at radius 3 is 2.64 bits per heavy atom. The number of rotatable bonds is 3. The van der Waals surface area contributed by atoms with Gasteiger partial charge in [-0.2, -0.15) is 4.31 Å². The van der Waals surface area contributed by atoms with Crippen molar-refractivity contribution >= 4 is 26.0 Å². The van der Waals surface area contributed by atoms with Gasteiger partial charge >= 0.3 is 0 Å². The van der Waals surface area contributed by atoms with Crippen molar-refractivity contribution in [1.29, 1.82) is 0 Å². The van der Waals surface area contributed by atoms with Gasteiger partial charge in [-0.05, 0) is 40.5 Å². The lowest BCUT2D eigenvalue weighted by molar-refractivity contribution is 0.179. The van der Waals surface area contributed by atoms with E-state index in [-0.39, 0.29) is 15.4 Å². The van der Waals surface area contributed by atoms with E-state index in [1.165, 1.54) is 22.5 Å². The Balaban J connectivity index is 1.76. The largest absolute Gasteiger partial charge is 0.314 e. The van der Waals surface area contributed by atoms with Crippen LogP contribution < -0.4 is 5.32 Å². The Bertz CT molecular complexity index is 649. The molecule has 2 aliphatic rings. The minimum absolute atomic E-state index is 0.134. The van der Waals surface area contributed by atoms with E-state index in [2.05, 4.69) is 26.1 Å². The summed E-state index contributed by atoms with van der Waals surface area (Å²) in [5, 5.41) is 3.30. The van der Waals surface area contributed by atoms with Gasteiger partial charge in [0.25, 0.3) is 0 Å². The predicted molar refractivity (Wildman–Crippen MR) is 85.7 cm³/mol. The highest BCUT2D eigenvalue weighted by Gasteiger charge is 2.36. The maximum absolute atomic E-state index is 13.2. The SMILES string of the molecule is O=S(=O)(c1ccc(F)cc1Br)N1CCC(N2CCNCC2)C1. The average Bonchev–Trinajstić information content (AvgIpc) is 2.98. The van der Waals surface area contributed by atoms with Crippen LogP contribution in [0.25, 0.3) is 0 Å². The summed E-state index contributed by atoms with van der Waals surface area (Å²) in [5.41, 5.74) is 0. The fraction of sp³-hybridized carbons (Fsp3) is 0.571. The third-order valence-electron chi connectivity index (χ3n) is 4.31. The molecule has 3 rings (SSSR count). The summed E-state index contributed by atoms with van der Waals surface area (Å²) in [6, 6.07) is 3.97. The minimum Gasteiger partial charge on any atom is -0.314 e. The molecule has 0 bridgehead atoms. The topological polar surface area (TPSA) is 52.7 Å². The second-order valence-corrected chi connectivity index (χ2v) is 8.43. The van der Waals surface area contributed by atoms with Crippen molar-refractivity contribution < 1.29 is 12.8 Å². The summed E-state index contributed by atoms with van der Waals surface area (Å²) >= 11 is 3.16. The van der Waals surface area contributed by atoms with Gasteiger partial charge in [0.05, 0.1) is 4.90 Å². The van der Waals surface area contributed by atoms with Crippen LogP contribution in [0.15, 0.2) is 27.6 Å². The van der Waals surface area contributed by atoms with Crippen molar-refractivity contribution in [3.63, 3.8) is 0 Å². The molecule has 8 heteroatoms. The van der Waals surface area contributed by atoms with Crippen LogP contribution >= 0.6 is 15.9 Å². The van der Waals surface area contributed by atoms with Crippen LogP contribution in [-0.4, -0.2) is 62.9 Å². The smallest absolute Gasteiger partial charge is 0.244 e. The van der Waals surface area contributed by atoms with Gasteiger partial charge in [0, 0.05) is 49.8 Å². The zero-order chi connectivity index (χ0) is 15.7. The number of halogens is 2.